The van der Waals surface area contributed by atoms with Gasteiger partial charge in [0.1, 0.15) is 0 Å². The van der Waals surface area contributed by atoms with Gasteiger partial charge in [-0.15, -0.1) is 11.3 Å². The molecule has 286 valence electrons. The Kier molecular flexibility index (Phi) is 8.08. The summed E-state index contributed by atoms with van der Waals surface area (Å²) in [5.41, 5.74) is 18.1. The highest BCUT2D eigenvalue weighted by Gasteiger charge is 2.46. The van der Waals surface area contributed by atoms with E-state index in [9.17, 15) is 0 Å². The van der Waals surface area contributed by atoms with E-state index in [2.05, 4.69) is 197 Å². The number of nitrogens with zero attached hydrogens (tertiary/aromatic N) is 2. The fourth-order valence-electron chi connectivity index (χ4n) is 9.75. The molecule has 3 aliphatic rings. The van der Waals surface area contributed by atoms with Crippen LogP contribution in [0.15, 0.2) is 97.1 Å². The van der Waals surface area contributed by atoms with Crippen LogP contribution >= 0.6 is 11.3 Å². The third kappa shape index (κ3) is 5.71. The summed E-state index contributed by atoms with van der Waals surface area (Å²) in [7, 11) is 0. The minimum absolute atomic E-state index is 0.0113. The second-order valence-corrected chi connectivity index (χ2v) is 22.4. The lowest BCUT2D eigenvalue weighted by molar-refractivity contribution is 0.332. The molecule has 0 saturated carbocycles. The minimum atomic E-state index is 0.0113. The first kappa shape index (κ1) is 37.3. The molecule has 5 aromatic carbocycles. The molecule has 0 unspecified atom stereocenters. The molecule has 0 amide bonds. The molecule has 0 atom stereocenters. The van der Waals surface area contributed by atoms with Crippen molar-refractivity contribution in [3.63, 3.8) is 0 Å². The molecule has 0 saturated heterocycles. The lowest BCUT2D eigenvalue weighted by Gasteiger charge is -2.45. The van der Waals surface area contributed by atoms with Crippen LogP contribution in [0, 0.1) is 0 Å². The maximum atomic E-state index is 2.64. The van der Waals surface area contributed by atoms with Crippen molar-refractivity contribution in [1.82, 2.24) is 0 Å². The summed E-state index contributed by atoms with van der Waals surface area (Å²) in [6.45, 7) is 30.8. The topological polar surface area (TPSA) is 6.48 Å². The standard InChI is InChI=1S/C52H59BN2S/c1-48(2,3)32-17-21-35(22-18-32)54-41-25-19-34(50(7,8)9)30-40(41)53-45-37-29-33(49(4,5)6)20-26-44(37)56-47(45)55(43-16-14-15-42(54)46(43)53)36-23-24-38-39(31-36)52(12,13)28-27-51(38,10)11/h14-26,29-31H,27-28H2,1-13H3. The van der Waals surface area contributed by atoms with Crippen LogP contribution in [0.4, 0.5) is 33.4 Å². The van der Waals surface area contributed by atoms with Crippen molar-refractivity contribution >= 4 is 78.0 Å². The highest BCUT2D eigenvalue weighted by atomic mass is 32.1. The number of hydrogen-bond donors (Lipinski definition) is 0. The molecule has 6 aromatic rings. The largest absolute Gasteiger partial charge is 0.311 e. The summed E-state index contributed by atoms with van der Waals surface area (Å²) in [5.74, 6) is 0. The summed E-state index contributed by atoms with van der Waals surface area (Å²) in [5, 5.41) is 2.74. The number of hydrogen-bond acceptors (Lipinski definition) is 3. The first-order valence-corrected chi connectivity index (χ1v) is 21.7. The zero-order valence-corrected chi connectivity index (χ0v) is 36.8. The third-order valence-electron chi connectivity index (χ3n) is 13.4. The SMILES string of the molecule is CC(C)(C)c1ccc(N2c3ccc(C(C)(C)C)cc3B3c4c2cccc4N(c2ccc4c(c2)C(C)(C)CCC4(C)C)c2sc4ccc(C(C)(C)C)cc4c23)cc1. The monoisotopic (exact) mass is 754 g/mol. The molecular weight excluding hydrogens is 695 g/mol. The maximum Gasteiger partial charge on any atom is 0.254 e. The molecule has 9 rings (SSSR count). The van der Waals surface area contributed by atoms with Crippen LogP contribution in [-0.2, 0) is 27.1 Å². The Morgan fingerprint density at radius 2 is 1.07 bits per heavy atom. The van der Waals surface area contributed by atoms with E-state index in [1.54, 1.807) is 0 Å². The Bertz CT molecular complexity index is 2550. The molecule has 2 aliphatic heterocycles. The molecule has 0 bridgehead atoms. The summed E-state index contributed by atoms with van der Waals surface area (Å²) in [4.78, 5) is 5.20. The molecule has 1 aliphatic carbocycles. The zero-order chi connectivity index (χ0) is 39.9. The fraction of sp³-hybridized carbons (Fsp3) is 0.385. The van der Waals surface area contributed by atoms with Crippen molar-refractivity contribution in [2.75, 3.05) is 9.80 Å². The molecule has 0 spiro atoms. The van der Waals surface area contributed by atoms with Gasteiger partial charge in [0.25, 0.3) is 6.71 Å². The van der Waals surface area contributed by atoms with E-state index < -0.39 is 0 Å². The second-order valence-electron chi connectivity index (χ2n) is 21.4. The molecule has 56 heavy (non-hydrogen) atoms. The van der Waals surface area contributed by atoms with Crippen LogP contribution in [-0.4, -0.2) is 6.71 Å². The van der Waals surface area contributed by atoms with Crippen LogP contribution in [0.2, 0.25) is 0 Å². The van der Waals surface area contributed by atoms with E-state index in [-0.39, 0.29) is 33.8 Å². The number of rotatable bonds is 2. The first-order valence-electron chi connectivity index (χ1n) is 20.9. The molecular formula is C52H59BN2S. The quantitative estimate of drug-likeness (QED) is 0.162. The van der Waals surface area contributed by atoms with E-state index >= 15 is 0 Å². The Hall–Kier alpha value is -4.28. The van der Waals surface area contributed by atoms with Gasteiger partial charge >= 0.3 is 0 Å². The van der Waals surface area contributed by atoms with E-state index in [4.69, 9.17) is 0 Å². The summed E-state index contributed by atoms with van der Waals surface area (Å²) in [6, 6.07) is 38.5. The van der Waals surface area contributed by atoms with E-state index in [0.29, 0.717) is 0 Å². The average molecular weight is 755 g/mol. The lowest BCUT2D eigenvalue weighted by atomic mass is 9.33. The molecule has 0 radical (unpaired) electrons. The summed E-state index contributed by atoms with van der Waals surface area (Å²) >= 11 is 1.97. The first-order chi connectivity index (χ1) is 26.1. The minimum Gasteiger partial charge on any atom is -0.311 e. The zero-order valence-electron chi connectivity index (χ0n) is 36.0. The van der Waals surface area contributed by atoms with Crippen molar-refractivity contribution in [1.29, 1.82) is 0 Å². The predicted molar refractivity (Wildman–Crippen MR) is 247 cm³/mol. The van der Waals surface area contributed by atoms with Gasteiger partial charge in [-0.3, -0.25) is 0 Å². The molecule has 3 heterocycles. The van der Waals surface area contributed by atoms with Gasteiger partial charge in [-0.25, -0.2) is 0 Å². The van der Waals surface area contributed by atoms with Crippen LogP contribution in [0.3, 0.4) is 0 Å². The number of benzene rings is 5. The summed E-state index contributed by atoms with van der Waals surface area (Å²) in [6.07, 6.45) is 2.40. The van der Waals surface area contributed by atoms with Crippen molar-refractivity contribution in [3.8, 4) is 0 Å². The Labute approximate surface area is 341 Å². The van der Waals surface area contributed by atoms with Gasteiger partial charge in [0.15, 0.2) is 0 Å². The van der Waals surface area contributed by atoms with Gasteiger partial charge in [0.05, 0.1) is 5.00 Å². The van der Waals surface area contributed by atoms with E-state index in [0.717, 1.165) is 0 Å². The molecule has 0 fully saturated rings. The smallest absolute Gasteiger partial charge is 0.254 e. The van der Waals surface area contributed by atoms with E-state index in [1.165, 1.54) is 101 Å². The predicted octanol–water partition coefficient (Wildman–Crippen LogP) is 13.2. The Morgan fingerprint density at radius 3 is 1.71 bits per heavy atom. The van der Waals surface area contributed by atoms with Gasteiger partial charge in [0.2, 0.25) is 0 Å². The molecule has 2 nitrogen and oxygen atoms in total. The average Bonchev–Trinajstić information content (AvgIpc) is 3.50. The summed E-state index contributed by atoms with van der Waals surface area (Å²) < 4.78 is 1.36. The van der Waals surface area contributed by atoms with Crippen LogP contribution in [0.1, 0.15) is 131 Å². The van der Waals surface area contributed by atoms with E-state index in [1.807, 2.05) is 11.3 Å². The fourth-order valence-corrected chi connectivity index (χ4v) is 11.0. The highest BCUT2D eigenvalue weighted by Crippen LogP contribution is 2.51. The number of thiophene rings is 1. The van der Waals surface area contributed by atoms with Crippen LogP contribution in [0.5, 0.6) is 0 Å². The highest BCUT2D eigenvalue weighted by molar-refractivity contribution is 7.26. The Balaban J connectivity index is 1.38. The van der Waals surface area contributed by atoms with Crippen LogP contribution in [0.25, 0.3) is 10.1 Å². The number of fused-ring (bicyclic) bond motifs is 7. The molecule has 1 aromatic heterocycles. The Morgan fingerprint density at radius 1 is 0.518 bits per heavy atom. The van der Waals surface area contributed by atoms with Gasteiger partial charge in [-0.05, 0) is 138 Å². The lowest BCUT2D eigenvalue weighted by Crippen LogP contribution is -2.61. The van der Waals surface area contributed by atoms with Crippen molar-refractivity contribution in [2.24, 2.45) is 0 Å². The number of anilines is 6. The van der Waals surface area contributed by atoms with Crippen molar-refractivity contribution in [3.05, 3.63) is 125 Å². The van der Waals surface area contributed by atoms with Crippen molar-refractivity contribution in [2.45, 2.75) is 130 Å². The second kappa shape index (κ2) is 12.1. The molecule has 0 N–H and O–H groups in total. The van der Waals surface area contributed by atoms with Gasteiger partial charge in [0, 0.05) is 33.1 Å². The van der Waals surface area contributed by atoms with Crippen molar-refractivity contribution < 1.29 is 0 Å². The van der Waals surface area contributed by atoms with Gasteiger partial charge in [-0.2, -0.15) is 0 Å². The molecule has 4 heteroatoms. The normalized spacial score (nSPS) is 17.1. The van der Waals surface area contributed by atoms with Crippen LogP contribution < -0.4 is 26.2 Å². The van der Waals surface area contributed by atoms with Gasteiger partial charge < -0.3 is 9.80 Å². The maximum absolute atomic E-state index is 2.64. The van der Waals surface area contributed by atoms with Gasteiger partial charge in [-0.1, -0.05) is 139 Å². The third-order valence-corrected chi connectivity index (χ3v) is 14.6.